The molecule has 0 saturated heterocycles. The molecule has 5 nitrogen and oxygen atoms in total. The quantitative estimate of drug-likeness (QED) is 0.789. The predicted molar refractivity (Wildman–Crippen MR) is 107 cm³/mol. The van der Waals surface area contributed by atoms with Crippen molar-refractivity contribution < 1.29 is 14.3 Å². The molecule has 27 heavy (non-hydrogen) atoms. The first-order valence-corrected chi connectivity index (χ1v) is 9.15. The lowest BCUT2D eigenvalue weighted by Crippen LogP contribution is -2.48. The van der Waals surface area contributed by atoms with Crippen molar-refractivity contribution in [1.82, 2.24) is 10.2 Å². The Hall–Kier alpha value is -2.53. The van der Waals surface area contributed by atoms with Gasteiger partial charge >= 0.3 is 0 Å². The molecule has 0 aromatic heterocycles. The fourth-order valence-corrected chi connectivity index (χ4v) is 3.02. The third-order valence-corrected chi connectivity index (χ3v) is 4.57. The Morgan fingerprint density at radius 3 is 2.56 bits per heavy atom. The fraction of sp³-hybridized carbons (Fsp3) is 0.333. The molecule has 0 saturated carbocycles. The van der Waals surface area contributed by atoms with Gasteiger partial charge in [-0.2, -0.15) is 0 Å². The molecule has 0 bridgehead atoms. The number of benzene rings is 2. The maximum absolute atomic E-state index is 12.8. The van der Waals surface area contributed by atoms with E-state index in [2.05, 4.69) is 5.32 Å². The van der Waals surface area contributed by atoms with E-state index in [9.17, 15) is 9.59 Å². The SMILES string of the molecule is CNC(=O)[C@H](C)N(Cc1cccc(Cl)c1)C(=O)COc1ccc(C)cc1C. The molecule has 0 aliphatic heterocycles. The zero-order valence-corrected chi connectivity index (χ0v) is 16.8. The van der Waals surface area contributed by atoms with Crippen LogP contribution in [0, 0.1) is 13.8 Å². The number of carbonyl (C=O) groups excluding carboxylic acids is 2. The Morgan fingerprint density at radius 2 is 1.93 bits per heavy atom. The Labute approximate surface area is 165 Å². The highest BCUT2D eigenvalue weighted by atomic mass is 35.5. The van der Waals surface area contributed by atoms with Crippen LogP contribution in [0.15, 0.2) is 42.5 Å². The topological polar surface area (TPSA) is 58.6 Å². The van der Waals surface area contributed by atoms with Crippen molar-refractivity contribution in [2.24, 2.45) is 0 Å². The van der Waals surface area contributed by atoms with Crippen LogP contribution >= 0.6 is 11.6 Å². The van der Waals surface area contributed by atoms with E-state index in [1.165, 1.54) is 4.90 Å². The average molecular weight is 389 g/mol. The highest BCUT2D eigenvalue weighted by molar-refractivity contribution is 6.30. The van der Waals surface area contributed by atoms with Crippen molar-refractivity contribution in [2.75, 3.05) is 13.7 Å². The summed E-state index contributed by atoms with van der Waals surface area (Å²) in [6, 6.07) is 12.4. The third-order valence-electron chi connectivity index (χ3n) is 4.34. The van der Waals surface area contributed by atoms with Gasteiger partial charge in [0.15, 0.2) is 6.61 Å². The highest BCUT2D eigenvalue weighted by Crippen LogP contribution is 2.19. The minimum Gasteiger partial charge on any atom is -0.483 e. The van der Waals surface area contributed by atoms with Crippen molar-refractivity contribution in [2.45, 2.75) is 33.4 Å². The molecule has 0 heterocycles. The van der Waals surface area contributed by atoms with Gasteiger partial charge in [-0.15, -0.1) is 0 Å². The standard InChI is InChI=1S/C21H25ClN2O3/c1-14-8-9-19(15(2)10-14)27-13-20(25)24(16(3)21(26)23-4)12-17-6-5-7-18(22)11-17/h5-11,16H,12-13H2,1-4H3,(H,23,26)/t16-/m0/s1. The van der Waals surface area contributed by atoms with Gasteiger partial charge in [0.05, 0.1) is 0 Å². The maximum atomic E-state index is 12.8. The molecule has 0 unspecified atom stereocenters. The molecule has 1 atom stereocenters. The smallest absolute Gasteiger partial charge is 0.261 e. The van der Waals surface area contributed by atoms with E-state index in [0.29, 0.717) is 10.8 Å². The number of nitrogens with one attached hydrogen (secondary N) is 1. The zero-order valence-electron chi connectivity index (χ0n) is 16.1. The van der Waals surface area contributed by atoms with Gasteiger partial charge in [-0.1, -0.05) is 41.4 Å². The summed E-state index contributed by atoms with van der Waals surface area (Å²) in [4.78, 5) is 26.4. The van der Waals surface area contributed by atoms with Crippen molar-refractivity contribution in [1.29, 1.82) is 0 Å². The molecule has 144 valence electrons. The number of ether oxygens (including phenoxy) is 1. The van der Waals surface area contributed by atoms with Crippen LogP contribution in [0.1, 0.15) is 23.6 Å². The Morgan fingerprint density at radius 1 is 1.19 bits per heavy atom. The van der Waals surface area contributed by atoms with Gasteiger partial charge in [-0.25, -0.2) is 0 Å². The Balaban J connectivity index is 2.15. The van der Waals surface area contributed by atoms with E-state index in [0.717, 1.165) is 16.7 Å². The largest absolute Gasteiger partial charge is 0.483 e. The van der Waals surface area contributed by atoms with Crippen LogP contribution in [0.5, 0.6) is 5.75 Å². The van der Waals surface area contributed by atoms with Crippen molar-refractivity contribution in [3.63, 3.8) is 0 Å². The molecular formula is C21H25ClN2O3. The number of likely N-dealkylation sites (N-methyl/N-ethyl adjacent to an activating group) is 1. The van der Waals surface area contributed by atoms with Crippen LogP contribution in [0.3, 0.4) is 0 Å². The lowest BCUT2D eigenvalue weighted by molar-refractivity contribution is -0.142. The monoisotopic (exact) mass is 388 g/mol. The fourth-order valence-electron chi connectivity index (χ4n) is 2.81. The zero-order chi connectivity index (χ0) is 20.0. The summed E-state index contributed by atoms with van der Waals surface area (Å²) in [5, 5.41) is 3.17. The van der Waals surface area contributed by atoms with E-state index in [-0.39, 0.29) is 25.0 Å². The first kappa shape index (κ1) is 20.8. The van der Waals surface area contributed by atoms with Crippen LogP contribution in [0.2, 0.25) is 5.02 Å². The molecule has 6 heteroatoms. The summed E-state index contributed by atoms with van der Waals surface area (Å²) >= 11 is 6.04. The van der Waals surface area contributed by atoms with Gasteiger partial charge in [0.25, 0.3) is 5.91 Å². The number of halogens is 1. The number of nitrogens with zero attached hydrogens (tertiary/aromatic N) is 1. The summed E-state index contributed by atoms with van der Waals surface area (Å²) < 4.78 is 5.71. The lowest BCUT2D eigenvalue weighted by Gasteiger charge is -2.28. The summed E-state index contributed by atoms with van der Waals surface area (Å²) in [6.07, 6.45) is 0. The van der Waals surface area contributed by atoms with Crippen LogP contribution in [-0.2, 0) is 16.1 Å². The number of rotatable bonds is 7. The molecule has 0 radical (unpaired) electrons. The number of hydrogen-bond acceptors (Lipinski definition) is 3. The van der Waals surface area contributed by atoms with Crippen LogP contribution < -0.4 is 10.1 Å². The first-order valence-electron chi connectivity index (χ1n) is 8.77. The summed E-state index contributed by atoms with van der Waals surface area (Å²) in [7, 11) is 1.55. The van der Waals surface area contributed by atoms with Gasteiger partial charge in [-0.05, 0) is 50.1 Å². The highest BCUT2D eigenvalue weighted by Gasteiger charge is 2.26. The van der Waals surface area contributed by atoms with Crippen molar-refractivity contribution in [3.8, 4) is 5.75 Å². The summed E-state index contributed by atoms with van der Waals surface area (Å²) in [5.74, 6) is 0.146. The predicted octanol–water partition coefficient (Wildman–Crippen LogP) is 3.50. The molecule has 2 aromatic carbocycles. The number of amides is 2. The van der Waals surface area contributed by atoms with Gasteiger partial charge < -0.3 is 15.0 Å². The minimum absolute atomic E-state index is 0.147. The second-order valence-corrected chi connectivity index (χ2v) is 6.94. The molecule has 0 fully saturated rings. The third kappa shape index (κ3) is 5.73. The van der Waals surface area contributed by atoms with Gasteiger partial charge in [0.2, 0.25) is 5.91 Å². The van der Waals surface area contributed by atoms with Crippen molar-refractivity contribution >= 4 is 23.4 Å². The lowest BCUT2D eigenvalue weighted by atomic mass is 10.1. The molecule has 2 amide bonds. The first-order chi connectivity index (χ1) is 12.8. The summed E-state index contributed by atoms with van der Waals surface area (Å²) in [6.45, 7) is 5.75. The van der Waals surface area contributed by atoms with E-state index in [1.807, 2.05) is 44.2 Å². The normalized spacial score (nSPS) is 11.6. The average Bonchev–Trinajstić information content (AvgIpc) is 2.64. The molecule has 2 aromatic rings. The Bertz CT molecular complexity index is 823. The summed E-state index contributed by atoms with van der Waals surface area (Å²) in [5.41, 5.74) is 2.93. The van der Waals surface area contributed by atoms with Crippen molar-refractivity contribution in [3.05, 3.63) is 64.2 Å². The van der Waals surface area contributed by atoms with E-state index < -0.39 is 6.04 Å². The second-order valence-electron chi connectivity index (χ2n) is 6.50. The van der Waals surface area contributed by atoms with E-state index in [4.69, 9.17) is 16.3 Å². The number of carbonyl (C=O) groups is 2. The second kappa shape index (κ2) is 9.42. The molecule has 0 aliphatic carbocycles. The molecular weight excluding hydrogens is 364 g/mol. The van der Waals surface area contributed by atoms with E-state index in [1.54, 1.807) is 26.1 Å². The minimum atomic E-state index is -0.635. The van der Waals surface area contributed by atoms with Gasteiger partial charge in [0.1, 0.15) is 11.8 Å². The molecule has 2 rings (SSSR count). The number of aryl methyl sites for hydroxylation is 2. The maximum Gasteiger partial charge on any atom is 0.261 e. The van der Waals surface area contributed by atoms with Crippen LogP contribution in [0.4, 0.5) is 0 Å². The van der Waals surface area contributed by atoms with Gasteiger partial charge in [-0.3, -0.25) is 9.59 Å². The molecule has 1 N–H and O–H groups in total. The van der Waals surface area contributed by atoms with E-state index >= 15 is 0 Å². The van der Waals surface area contributed by atoms with Gasteiger partial charge in [0, 0.05) is 18.6 Å². The van der Waals surface area contributed by atoms with Crippen LogP contribution in [0.25, 0.3) is 0 Å². The Kier molecular flexibility index (Phi) is 7.25. The molecule has 0 spiro atoms. The van der Waals surface area contributed by atoms with Crippen LogP contribution in [-0.4, -0.2) is 36.4 Å². The molecule has 0 aliphatic rings. The number of hydrogen-bond donors (Lipinski definition) is 1.